The molecule has 1 N–H and O–H groups in total. The summed E-state index contributed by atoms with van der Waals surface area (Å²) in [6.45, 7) is 4.58. The van der Waals surface area contributed by atoms with Crippen LogP contribution in [0.3, 0.4) is 0 Å². The Labute approximate surface area is 281 Å². The first-order chi connectivity index (χ1) is 22.1. The first kappa shape index (κ1) is 43.5. The number of quaternary nitrogens is 1. The van der Waals surface area contributed by atoms with E-state index in [-0.39, 0.29) is 36.2 Å². The van der Waals surface area contributed by atoms with Crippen LogP contribution in [0.1, 0.15) is 136 Å². The number of carbonyl (C=O) groups is 3. The second-order valence-corrected chi connectivity index (χ2v) is 13.1. The molecule has 8 heteroatoms. The number of allylic oxidation sites excluding steroid dienone is 6. The van der Waals surface area contributed by atoms with Gasteiger partial charge in [0.2, 0.25) is 0 Å². The van der Waals surface area contributed by atoms with Crippen LogP contribution in [-0.4, -0.2) is 80.6 Å². The number of nitrogens with zero attached hydrogens (tertiary/aromatic N) is 1. The molecule has 46 heavy (non-hydrogen) atoms. The zero-order valence-corrected chi connectivity index (χ0v) is 30.0. The maximum absolute atomic E-state index is 12.6. The fraction of sp³-hybridized carbons (Fsp3) is 0.763. The van der Waals surface area contributed by atoms with Crippen LogP contribution in [0.5, 0.6) is 0 Å². The molecule has 0 saturated heterocycles. The molecule has 0 aliphatic carbocycles. The summed E-state index contributed by atoms with van der Waals surface area (Å²) >= 11 is 0. The molecule has 0 amide bonds. The second kappa shape index (κ2) is 29.9. The number of likely N-dealkylation sites (N-methyl/N-ethyl adjacent to an activating group) is 1. The number of carboxylic acids is 1. The zero-order chi connectivity index (χ0) is 34.3. The molecule has 0 spiro atoms. The monoisotopic (exact) mass is 650 g/mol. The van der Waals surface area contributed by atoms with E-state index >= 15 is 0 Å². The normalized spacial score (nSPS) is 13.5. The SMILES string of the molecule is CCCC/C=C/C=C/CCCCCC(=O)OCC(COCCC(C(=O)O)[N+](C)(C)C)OC(=O)CCCCCCC/C=C/CCCC. The Kier molecular flexibility index (Phi) is 28.3. The van der Waals surface area contributed by atoms with Gasteiger partial charge >= 0.3 is 17.9 Å². The average Bonchev–Trinajstić information content (AvgIpc) is 3.00. The minimum absolute atomic E-state index is 0.0491. The number of ether oxygens (including phenoxy) is 3. The van der Waals surface area contributed by atoms with Crippen molar-refractivity contribution in [3.8, 4) is 0 Å². The van der Waals surface area contributed by atoms with Gasteiger partial charge < -0.3 is 23.8 Å². The summed E-state index contributed by atoms with van der Waals surface area (Å²) < 4.78 is 17.1. The van der Waals surface area contributed by atoms with Gasteiger partial charge in [0.05, 0.1) is 34.4 Å². The molecular weight excluding hydrogens is 582 g/mol. The summed E-state index contributed by atoms with van der Waals surface area (Å²) in [4.78, 5) is 36.6. The van der Waals surface area contributed by atoms with Crippen molar-refractivity contribution in [2.45, 2.75) is 148 Å². The highest BCUT2D eigenvalue weighted by Crippen LogP contribution is 2.12. The molecule has 0 rings (SSSR count). The molecule has 0 fully saturated rings. The van der Waals surface area contributed by atoms with Gasteiger partial charge in [-0.2, -0.15) is 0 Å². The van der Waals surface area contributed by atoms with E-state index in [1.165, 1.54) is 38.5 Å². The van der Waals surface area contributed by atoms with Crippen molar-refractivity contribution in [1.82, 2.24) is 0 Å². The molecular formula is C38H68NO7+. The minimum atomic E-state index is -0.883. The Bertz CT molecular complexity index is 860. The maximum Gasteiger partial charge on any atom is 0.362 e. The number of unbranched alkanes of at least 4 members (excludes halogenated alkanes) is 12. The Balaban J connectivity index is 4.52. The van der Waals surface area contributed by atoms with Gasteiger partial charge in [0, 0.05) is 19.3 Å². The van der Waals surface area contributed by atoms with E-state index in [2.05, 4.69) is 50.3 Å². The molecule has 0 aromatic rings. The van der Waals surface area contributed by atoms with Crippen LogP contribution < -0.4 is 0 Å². The number of aliphatic carboxylic acids is 1. The lowest BCUT2D eigenvalue weighted by atomic mass is 10.1. The fourth-order valence-electron chi connectivity index (χ4n) is 4.87. The highest BCUT2D eigenvalue weighted by atomic mass is 16.6. The van der Waals surface area contributed by atoms with Gasteiger partial charge in [-0.15, -0.1) is 0 Å². The minimum Gasteiger partial charge on any atom is -0.477 e. The van der Waals surface area contributed by atoms with Crippen molar-refractivity contribution >= 4 is 17.9 Å². The molecule has 0 aromatic carbocycles. The van der Waals surface area contributed by atoms with Crippen LogP contribution in [0.15, 0.2) is 36.5 Å². The number of hydrogen-bond donors (Lipinski definition) is 1. The maximum atomic E-state index is 12.6. The van der Waals surface area contributed by atoms with E-state index in [0.717, 1.165) is 64.2 Å². The molecule has 2 unspecified atom stereocenters. The van der Waals surface area contributed by atoms with E-state index in [1.807, 2.05) is 21.1 Å². The van der Waals surface area contributed by atoms with Crippen LogP contribution in [-0.2, 0) is 28.6 Å². The first-order valence-corrected chi connectivity index (χ1v) is 18.0. The zero-order valence-electron chi connectivity index (χ0n) is 30.0. The van der Waals surface area contributed by atoms with Crippen molar-refractivity contribution in [3.05, 3.63) is 36.5 Å². The Morgan fingerprint density at radius 3 is 1.74 bits per heavy atom. The molecule has 0 aromatic heterocycles. The molecule has 2 atom stereocenters. The molecule has 8 nitrogen and oxygen atoms in total. The third kappa shape index (κ3) is 27.8. The van der Waals surface area contributed by atoms with E-state index in [9.17, 15) is 19.5 Å². The predicted molar refractivity (Wildman–Crippen MR) is 188 cm³/mol. The first-order valence-electron chi connectivity index (χ1n) is 18.0. The van der Waals surface area contributed by atoms with Gasteiger partial charge in [-0.25, -0.2) is 4.79 Å². The molecule has 0 aliphatic heterocycles. The highest BCUT2D eigenvalue weighted by molar-refractivity contribution is 5.72. The number of esters is 2. The molecule has 0 radical (unpaired) electrons. The third-order valence-electron chi connectivity index (χ3n) is 7.79. The van der Waals surface area contributed by atoms with Gasteiger partial charge in [-0.1, -0.05) is 102 Å². The molecule has 0 aliphatic rings. The molecule has 266 valence electrons. The summed E-state index contributed by atoms with van der Waals surface area (Å²) in [7, 11) is 5.49. The number of carboxylic acid groups (broad SMARTS) is 1. The molecule has 0 saturated carbocycles. The second-order valence-electron chi connectivity index (χ2n) is 13.1. The smallest absolute Gasteiger partial charge is 0.362 e. The van der Waals surface area contributed by atoms with Crippen LogP contribution in [0.2, 0.25) is 0 Å². The van der Waals surface area contributed by atoms with Crippen molar-refractivity contribution in [1.29, 1.82) is 0 Å². The summed E-state index contributed by atoms with van der Waals surface area (Å²) in [6, 6.07) is -0.617. The van der Waals surface area contributed by atoms with Crippen LogP contribution in [0, 0.1) is 0 Å². The van der Waals surface area contributed by atoms with Crippen molar-refractivity contribution in [3.63, 3.8) is 0 Å². The quantitative estimate of drug-likeness (QED) is 0.0263. The van der Waals surface area contributed by atoms with Crippen molar-refractivity contribution in [2.24, 2.45) is 0 Å². The molecule has 0 bridgehead atoms. The summed E-state index contributed by atoms with van der Waals surface area (Å²) in [5.41, 5.74) is 0. The van der Waals surface area contributed by atoms with Crippen molar-refractivity contribution in [2.75, 3.05) is 41.0 Å². The lowest BCUT2D eigenvalue weighted by Crippen LogP contribution is -2.50. The Morgan fingerprint density at radius 1 is 0.652 bits per heavy atom. The van der Waals surface area contributed by atoms with Gasteiger partial charge in [-0.05, 0) is 51.4 Å². The fourth-order valence-corrected chi connectivity index (χ4v) is 4.87. The summed E-state index contributed by atoms with van der Waals surface area (Å²) in [5, 5.41) is 9.56. The van der Waals surface area contributed by atoms with E-state index in [4.69, 9.17) is 14.2 Å². The number of carbonyl (C=O) groups excluding carboxylic acids is 2. The number of hydrogen-bond acceptors (Lipinski definition) is 6. The largest absolute Gasteiger partial charge is 0.477 e. The third-order valence-corrected chi connectivity index (χ3v) is 7.79. The summed E-state index contributed by atoms with van der Waals surface area (Å²) in [5.74, 6) is -1.52. The highest BCUT2D eigenvalue weighted by Gasteiger charge is 2.31. The van der Waals surface area contributed by atoms with E-state index in [0.29, 0.717) is 19.3 Å². The van der Waals surface area contributed by atoms with E-state index < -0.39 is 18.1 Å². The Hall–Kier alpha value is -2.45. The van der Waals surface area contributed by atoms with Gasteiger partial charge in [0.15, 0.2) is 12.1 Å². The van der Waals surface area contributed by atoms with Crippen LogP contribution in [0.4, 0.5) is 0 Å². The lowest BCUT2D eigenvalue weighted by molar-refractivity contribution is -0.887. The average molecular weight is 651 g/mol. The Morgan fingerprint density at radius 2 is 1.15 bits per heavy atom. The van der Waals surface area contributed by atoms with Gasteiger partial charge in [-0.3, -0.25) is 9.59 Å². The van der Waals surface area contributed by atoms with Gasteiger partial charge in [0.25, 0.3) is 0 Å². The number of rotatable bonds is 31. The van der Waals surface area contributed by atoms with Crippen LogP contribution in [0.25, 0.3) is 0 Å². The van der Waals surface area contributed by atoms with E-state index in [1.54, 1.807) is 0 Å². The lowest BCUT2D eigenvalue weighted by Gasteiger charge is -2.31. The summed E-state index contributed by atoms with van der Waals surface area (Å²) in [6.07, 6.45) is 30.4. The topological polar surface area (TPSA) is 99.1 Å². The van der Waals surface area contributed by atoms with Crippen LogP contribution >= 0.6 is 0 Å². The molecule has 0 heterocycles. The van der Waals surface area contributed by atoms with Crippen molar-refractivity contribution < 1.29 is 38.2 Å². The van der Waals surface area contributed by atoms with Gasteiger partial charge in [0.1, 0.15) is 6.61 Å². The standard InChI is InChI=1S/C38H67NO7/c1-6-8-10-12-14-16-18-20-22-24-26-28-36(40)45-33-34(32-44-31-30-35(38(42)43)39(3,4)5)46-37(41)29-27-25-23-21-19-17-15-13-11-9-7-2/h12-16,18,34-35H,6-11,17,19-33H2,1-5H3/p+1/b14-12+,15-13+,18-16+. The predicted octanol–water partition coefficient (Wildman–Crippen LogP) is 8.74.